The standard InChI is InChI=1S/C11H21NO/c1-10(2,3)7-6-9-12-11(4,5)8-13-9/h6-8H2,1-5H3. The Morgan fingerprint density at radius 1 is 1.38 bits per heavy atom. The highest BCUT2D eigenvalue weighted by molar-refractivity contribution is 5.78. The van der Waals surface area contributed by atoms with Crippen molar-refractivity contribution in [1.82, 2.24) is 0 Å². The van der Waals surface area contributed by atoms with Gasteiger partial charge in [-0.25, -0.2) is 4.99 Å². The Balaban J connectivity index is 2.40. The van der Waals surface area contributed by atoms with Crippen molar-refractivity contribution in [2.24, 2.45) is 10.4 Å². The summed E-state index contributed by atoms with van der Waals surface area (Å²) in [5, 5.41) is 0. The first-order valence-corrected chi connectivity index (χ1v) is 5.00. The van der Waals surface area contributed by atoms with E-state index in [1.807, 2.05) is 0 Å². The maximum Gasteiger partial charge on any atom is 0.183 e. The van der Waals surface area contributed by atoms with Gasteiger partial charge >= 0.3 is 0 Å². The molecule has 2 heteroatoms. The second kappa shape index (κ2) is 3.32. The summed E-state index contributed by atoms with van der Waals surface area (Å²) in [4.78, 5) is 4.52. The smallest absolute Gasteiger partial charge is 0.183 e. The van der Waals surface area contributed by atoms with Crippen LogP contribution in [0.25, 0.3) is 0 Å². The van der Waals surface area contributed by atoms with Gasteiger partial charge in [-0.3, -0.25) is 0 Å². The highest BCUT2D eigenvalue weighted by atomic mass is 16.5. The van der Waals surface area contributed by atoms with E-state index in [0.717, 1.165) is 25.3 Å². The molecule has 76 valence electrons. The van der Waals surface area contributed by atoms with Crippen molar-refractivity contribution in [3.05, 3.63) is 0 Å². The minimum Gasteiger partial charge on any atom is -0.478 e. The van der Waals surface area contributed by atoms with Crippen molar-refractivity contribution in [1.29, 1.82) is 0 Å². The predicted octanol–water partition coefficient (Wildman–Crippen LogP) is 3.02. The molecule has 0 aromatic rings. The molecule has 13 heavy (non-hydrogen) atoms. The third-order valence-corrected chi connectivity index (χ3v) is 2.11. The Bertz CT molecular complexity index is 211. The fourth-order valence-electron chi connectivity index (χ4n) is 1.27. The van der Waals surface area contributed by atoms with Gasteiger partial charge in [0.1, 0.15) is 6.61 Å². The number of hydrogen-bond donors (Lipinski definition) is 0. The van der Waals surface area contributed by atoms with Gasteiger partial charge in [0.05, 0.1) is 5.54 Å². The van der Waals surface area contributed by atoms with Crippen LogP contribution in [0, 0.1) is 5.41 Å². The van der Waals surface area contributed by atoms with Crippen molar-refractivity contribution >= 4 is 5.90 Å². The maximum absolute atomic E-state index is 5.51. The third-order valence-electron chi connectivity index (χ3n) is 2.11. The van der Waals surface area contributed by atoms with Crippen LogP contribution in [0.4, 0.5) is 0 Å². The summed E-state index contributed by atoms with van der Waals surface area (Å²) in [6.07, 6.45) is 2.12. The van der Waals surface area contributed by atoms with E-state index in [-0.39, 0.29) is 5.54 Å². The lowest BCUT2D eigenvalue weighted by atomic mass is 9.90. The summed E-state index contributed by atoms with van der Waals surface area (Å²) in [6.45, 7) is 11.7. The van der Waals surface area contributed by atoms with E-state index in [1.165, 1.54) is 0 Å². The van der Waals surface area contributed by atoms with Crippen LogP contribution in [-0.4, -0.2) is 18.0 Å². The lowest BCUT2D eigenvalue weighted by Crippen LogP contribution is -2.17. The number of ether oxygens (including phenoxy) is 1. The summed E-state index contributed by atoms with van der Waals surface area (Å²) in [5.41, 5.74) is 0.381. The molecule has 0 unspecified atom stereocenters. The molecule has 0 saturated carbocycles. The van der Waals surface area contributed by atoms with Gasteiger partial charge in [0, 0.05) is 6.42 Å². The normalized spacial score (nSPS) is 21.2. The first-order chi connectivity index (χ1) is 5.79. The molecular formula is C11H21NO. The molecule has 1 aliphatic rings. The van der Waals surface area contributed by atoms with E-state index in [9.17, 15) is 0 Å². The van der Waals surface area contributed by atoms with Crippen LogP contribution in [-0.2, 0) is 4.74 Å². The largest absolute Gasteiger partial charge is 0.478 e. The molecule has 0 aromatic heterocycles. The Morgan fingerprint density at radius 2 is 2.00 bits per heavy atom. The zero-order chi connectivity index (χ0) is 10.1. The SMILES string of the molecule is CC(C)(C)CCC1=NC(C)(C)CO1. The van der Waals surface area contributed by atoms with E-state index < -0.39 is 0 Å². The molecule has 0 N–H and O–H groups in total. The fourth-order valence-corrected chi connectivity index (χ4v) is 1.27. The zero-order valence-electron chi connectivity index (χ0n) is 9.48. The average molecular weight is 183 g/mol. The molecule has 0 aromatic carbocycles. The van der Waals surface area contributed by atoms with Gasteiger partial charge < -0.3 is 4.74 Å². The van der Waals surface area contributed by atoms with Crippen LogP contribution in [0.2, 0.25) is 0 Å². The van der Waals surface area contributed by atoms with Crippen LogP contribution >= 0.6 is 0 Å². The van der Waals surface area contributed by atoms with Crippen LogP contribution in [0.3, 0.4) is 0 Å². The Kier molecular flexibility index (Phi) is 2.69. The molecule has 1 rings (SSSR count). The summed E-state index contributed by atoms with van der Waals surface area (Å²) < 4.78 is 5.51. The lowest BCUT2D eigenvalue weighted by molar-refractivity contribution is 0.268. The summed E-state index contributed by atoms with van der Waals surface area (Å²) >= 11 is 0. The Labute approximate surface area is 81.4 Å². The summed E-state index contributed by atoms with van der Waals surface area (Å²) in [7, 11) is 0. The molecule has 0 bridgehead atoms. The van der Waals surface area contributed by atoms with E-state index in [0.29, 0.717) is 5.41 Å². The molecule has 0 spiro atoms. The minimum absolute atomic E-state index is 0.00716. The van der Waals surface area contributed by atoms with E-state index in [1.54, 1.807) is 0 Å². The van der Waals surface area contributed by atoms with Crippen LogP contribution in [0.1, 0.15) is 47.5 Å². The topological polar surface area (TPSA) is 21.6 Å². The number of aliphatic imine (C=N–C) groups is 1. The van der Waals surface area contributed by atoms with Crippen molar-refractivity contribution in [2.45, 2.75) is 53.0 Å². The monoisotopic (exact) mass is 183 g/mol. The number of rotatable bonds is 2. The lowest BCUT2D eigenvalue weighted by Gasteiger charge is -2.17. The van der Waals surface area contributed by atoms with E-state index in [2.05, 4.69) is 39.6 Å². The summed E-state index contributed by atoms with van der Waals surface area (Å²) in [5.74, 6) is 0.944. The third kappa shape index (κ3) is 3.79. The first-order valence-electron chi connectivity index (χ1n) is 5.00. The van der Waals surface area contributed by atoms with E-state index in [4.69, 9.17) is 4.74 Å². The van der Waals surface area contributed by atoms with Crippen molar-refractivity contribution in [2.75, 3.05) is 6.61 Å². The second-order valence-corrected chi connectivity index (χ2v) is 5.67. The van der Waals surface area contributed by atoms with Gasteiger partial charge in [-0.2, -0.15) is 0 Å². The highest BCUT2D eigenvalue weighted by Crippen LogP contribution is 2.24. The zero-order valence-corrected chi connectivity index (χ0v) is 9.48. The van der Waals surface area contributed by atoms with Gasteiger partial charge in [0.25, 0.3) is 0 Å². The van der Waals surface area contributed by atoms with Crippen LogP contribution in [0.5, 0.6) is 0 Å². The van der Waals surface area contributed by atoms with Gasteiger partial charge in [0.15, 0.2) is 5.90 Å². The molecule has 0 radical (unpaired) electrons. The van der Waals surface area contributed by atoms with Gasteiger partial charge in [-0.15, -0.1) is 0 Å². The quantitative estimate of drug-likeness (QED) is 0.645. The Morgan fingerprint density at radius 3 is 2.38 bits per heavy atom. The van der Waals surface area contributed by atoms with E-state index >= 15 is 0 Å². The van der Waals surface area contributed by atoms with Crippen LogP contribution in [0.15, 0.2) is 4.99 Å². The molecule has 0 saturated heterocycles. The predicted molar refractivity (Wildman–Crippen MR) is 56.2 cm³/mol. The minimum atomic E-state index is 0.00716. The molecule has 1 aliphatic heterocycles. The fraction of sp³-hybridized carbons (Fsp3) is 0.909. The van der Waals surface area contributed by atoms with Crippen molar-refractivity contribution in [3.63, 3.8) is 0 Å². The Hall–Kier alpha value is -0.530. The molecule has 2 nitrogen and oxygen atoms in total. The van der Waals surface area contributed by atoms with Crippen molar-refractivity contribution < 1.29 is 4.74 Å². The second-order valence-electron chi connectivity index (χ2n) is 5.67. The molecule has 1 heterocycles. The summed E-state index contributed by atoms with van der Waals surface area (Å²) in [6, 6.07) is 0. The molecular weight excluding hydrogens is 162 g/mol. The first kappa shape index (κ1) is 10.6. The van der Waals surface area contributed by atoms with Gasteiger partial charge in [0.2, 0.25) is 0 Å². The molecule has 0 atom stereocenters. The number of nitrogens with zero attached hydrogens (tertiary/aromatic N) is 1. The van der Waals surface area contributed by atoms with Crippen LogP contribution < -0.4 is 0 Å². The molecule has 0 amide bonds. The number of hydrogen-bond acceptors (Lipinski definition) is 2. The molecule has 0 aliphatic carbocycles. The molecule has 0 fully saturated rings. The average Bonchev–Trinajstić information content (AvgIpc) is 2.24. The van der Waals surface area contributed by atoms with Crippen molar-refractivity contribution in [3.8, 4) is 0 Å². The van der Waals surface area contributed by atoms with Gasteiger partial charge in [-0.05, 0) is 25.7 Å². The van der Waals surface area contributed by atoms with Gasteiger partial charge in [-0.1, -0.05) is 20.8 Å². The maximum atomic E-state index is 5.51. The highest BCUT2D eigenvalue weighted by Gasteiger charge is 2.26.